The largest absolute Gasteiger partial charge is 0.480 e. The molecule has 152 valence electrons. The van der Waals surface area contributed by atoms with Crippen molar-refractivity contribution in [3.63, 3.8) is 0 Å². The van der Waals surface area contributed by atoms with Gasteiger partial charge in [-0.2, -0.15) is 5.10 Å². The van der Waals surface area contributed by atoms with Gasteiger partial charge in [0, 0.05) is 24.3 Å². The number of carbonyl (C=O) groups is 1. The number of hydrogen-bond donors (Lipinski definition) is 1. The highest BCUT2D eigenvalue weighted by Crippen LogP contribution is 2.22. The van der Waals surface area contributed by atoms with Crippen molar-refractivity contribution in [2.45, 2.75) is 19.4 Å². The minimum atomic E-state index is -0.421. The summed E-state index contributed by atoms with van der Waals surface area (Å²) in [7, 11) is 5.45. The Morgan fingerprint density at radius 1 is 1.21 bits per heavy atom. The highest BCUT2D eigenvalue weighted by molar-refractivity contribution is 5.94. The standard InChI is InChI=1S/C20H25N7O2/c1-20(2,13-26(3)4)22-19(28)15-12-16(14-8-6-7-11-21-14)27(25-15)17-9-10-18(29-5)24-23-17/h6-12H,13H2,1-5H3,(H,22,28). The molecule has 0 bridgehead atoms. The van der Waals surface area contributed by atoms with Gasteiger partial charge in [0.15, 0.2) is 11.5 Å². The maximum Gasteiger partial charge on any atom is 0.272 e. The Balaban J connectivity index is 1.99. The molecule has 0 aliphatic carbocycles. The van der Waals surface area contributed by atoms with E-state index in [1.807, 2.05) is 51.0 Å². The monoisotopic (exact) mass is 395 g/mol. The summed E-state index contributed by atoms with van der Waals surface area (Å²) in [5, 5.41) is 15.7. The minimum Gasteiger partial charge on any atom is -0.480 e. The van der Waals surface area contributed by atoms with Gasteiger partial charge in [0.1, 0.15) is 0 Å². The van der Waals surface area contributed by atoms with Gasteiger partial charge in [0.05, 0.1) is 18.5 Å². The molecular formula is C20H25N7O2. The molecule has 0 aromatic carbocycles. The van der Waals surface area contributed by atoms with Gasteiger partial charge >= 0.3 is 0 Å². The summed E-state index contributed by atoms with van der Waals surface area (Å²) < 4.78 is 6.62. The Morgan fingerprint density at radius 2 is 2.00 bits per heavy atom. The zero-order chi connectivity index (χ0) is 21.0. The molecule has 0 radical (unpaired) electrons. The normalized spacial score (nSPS) is 11.5. The third kappa shape index (κ3) is 4.94. The van der Waals surface area contributed by atoms with Crippen molar-refractivity contribution < 1.29 is 9.53 Å². The molecule has 1 N–H and O–H groups in total. The lowest BCUT2D eigenvalue weighted by Crippen LogP contribution is -2.50. The van der Waals surface area contributed by atoms with Crippen LogP contribution in [0.1, 0.15) is 24.3 Å². The van der Waals surface area contributed by atoms with Crippen molar-refractivity contribution >= 4 is 5.91 Å². The summed E-state index contributed by atoms with van der Waals surface area (Å²) in [6.45, 7) is 4.63. The number of nitrogens with one attached hydrogen (secondary N) is 1. The van der Waals surface area contributed by atoms with Gasteiger partial charge in [0.25, 0.3) is 5.91 Å². The number of aromatic nitrogens is 5. The minimum absolute atomic E-state index is 0.269. The van der Waals surface area contributed by atoms with Crippen LogP contribution >= 0.6 is 0 Å². The van der Waals surface area contributed by atoms with E-state index in [4.69, 9.17) is 4.74 Å². The molecule has 3 rings (SSSR count). The number of hydrogen-bond acceptors (Lipinski definition) is 7. The molecule has 0 saturated heterocycles. The molecule has 0 saturated carbocycles. The maximum absolute atomic E-state index is 12.9. The van der Waals surface area contributed by atoms with Crippen LogP contribution in [-0.2, 0) is 0 Å². The molecule has 0 unspecified atom stereocenters. The fourth-order valence-corrected chi connectivity index (χ4v) is 3.10. The van der Waals surface area contributed by atoms with E-state index in [-0.39, 0.29) is 11.6 Å². The second-order valence-corrected chi connectivity index (χ2v) is 7.55. The average Bonchev–Trinajstić information content (AvgIpc) is 3.13. The fourth-order valence-electron chi connectivity index (χ4n) is 3.10. The lowest BCUT2D eigenvalue weighted by atomic mass is 10.1. The van der Waals surface area contributed by atoms with E-state index in [0.29, 0.717) is 29.6 Å². The van der Waals surface area contributed by atoms with Crippen molar-refractivity contribution in [3.8, 4) is 23.1 Å². The van der Waals surface area contributed by atoms with E-state index in [1.165, 1.54) is 7.11 Å². The van der Waals surface area contributed by atoms with E-state index < -0.39 is 5.54 Å². The average molecular weight is 395 g/mol. The van der Waals surface area contributed by atoms with E-state index in [1.54, 1.807) is 29.1 Å². The van der Waals surface area contributed by atoms with Crippen molar-refractivity contribution in [3.05, 3.63) is 48.3 Å². The molecule has 0 fully saturated rings. The third-order valence-corrected chi connectivity index (χ3v) is 4.08. The van der Waals surface area contributed by atoms with Crippen molar-refractivity contribution in [2.24, 2.45) is 0 Å². The van der Waals surface area contributed by atoms with Gasteiger partial charge in [-0.1, -0.05) is 6.07 Å². The fraction of sp³-hybridized carbons (Fsp3) is 0.350. The lowest BCUT2D eigenvalue weighted by molar-refractivity contribution is 0.0894. The number of ether oxygens (including phenoxy) is 1. The van der Waals surface area contributed by atoms with Gasteiger partial charge in [-0.15, -0.1) is 10.2 Å². The Labute approximate surface area is 169 Å². The molecule has 9 heteroatoms. The van der Waals surface area contributed by atoms with E-state index >= 15 is 0 Å². The molecule has 3 aromatic heterocycles. The predicted octanol–water partition coefficient (Wildman–Crippen LogP) is 1.80. The van der Waals surface area contributed by atoms with Gasteiger partial charge in [-0.05, 0) is 52.2 Å². The number of rotatable bonds is 7. The summed E-state index contributed by atoms with van der Waals surface area (Å²) in [5.74, 6) is 0.580. The summed E-state index contributed by atoms with van der Waals surface area (Å²) in [5.41, 5.74) is 1.16. The van der Waals surface area contributed by atoms with Crippen LogP contribution in [0.2, 0.25) is 0 Å². The van der Waals surface area contributed by atoms with Crippen molar-refractivity contribution in [1.82, 2.24) is 35.2 Å². The maximum atomic E-state index is 12.9. The van der Waals surface area contributed by atoms with Gasteiger partial charge in [-0.25, -0.2) is 4.68 Å². The number of pyridine rings is 1. The number of methoxy groups -OCH3 is 1. The molecular weight excluding hydrogens is 370 g/mol. The van der Waals surface area contributed by atoms with Crippen LogP contribution in [0, 0.1) is 0 Å². The highest BCUT2D eigenvalue weighted by Gasteiger charge is 2.25. The van der Waals surface area contributed by atoms with E-state index in [2.05, 4.69) is 25.6 Å². The first-order valence-corrected chi connectivity index (χ1v) is 9.16. The molecule has 0 aliphatic rings. The highest BCUT2D eigenvalue weighted by atomic mass is 16.5. The Morgan fingerprint density at radius 3 is 2.59 bits per heavy atom. The first-order valence-electron chi connectivity index (χ1n) is 9.16. The molecule has 3 aromatic rings. The van der Waals surface area contributed by atoms with Crippen molar-refractivity contribution in [2.75, 3.05) is 27.7 Å². The first kappa shape index (κ1) is 20.4. The van der Waals surface area contributed by atoms with Crippen LogP contribution in [0.3, 0.4) is 0 Å². The first-order chi connectivity index (χ1) is 13.8. The Kier molecular flexibility index (Phi) is 5.88. The van der Waals surface area contributed by atoms with Gasteiger partial charge in [0.2, 0.25) is 5.88 Å². The van der Waals surface area contributed by atoms with Crippen LogP contribution in [0.5, 0.6) is 5.88 Å². The topological polar surface area (TPSA) is 98.1 Å². The van der Waals surface area contributed by atoms with Gasteiger partial charge in [-0.3, -0.25) is 9.78 Å². The summed E-state index contributed by atoms with van der Waals surface area (Å²) >= 11 is 0. The van der Waals surface area contributed by atoms with E-state index in [9.17, 15) is 4.79 Å². The Hall–Kier alpha value is -3.33. The smallest absolute Gasteiger partial charge is 0.272 e. The number of carbonyl (C=O) groups excluding carboxylic acids is 1. The zero-order valence-electron chi connectivity index (χ0n) is 17.2. The lowest BCUT2D eigenvalue weighted by Gasteiger charge is -2.29. The molecule has 1 amide bonds. The number of nitrogens with zero attached hydrogens (tertiary/aromatic N) is 6. The molecule has 0 atom stereocenters. The van der Waals surface area contributed by atoms with Crippen LogP contribution in [0.25, 0.3) is 17.2 Å². The van der Waals surface area contributed by atoms with Crippen LogP contribution in [-0.4, -0.2) is 69.1 Å². The SMILES string of the molecule is COc1ccc(-n2nc(C(=O)NC(C)(C)CN(C)C)cc2-c2ccccn2)nn1. The number of likely N-dealkylation sites (N-methyl/N-ethyl adjacent to an activating group) is 1. The molecule has 0 aliphatic heterocycles. The predicted molar refractivity (Wildman–Crippen MR) is 109 cm³/mol. The van der Waals surface area contributed by atoms with Crippen LogP contribution < -0.4 is 10.1 Å². The molecule has 9 nitrogen and oxygen atoms in total. The van der Waals surface area contributed by atoms with Gasteiger partial charge < -0.3 is 15.0 Å². The second-order valence-electron chi connectivity index (χ2n) is 7.55. The molecule has 3 heterocycles. The second kappa shape index (κ2) is 8.36. The Bertz CT molecular complexity index is 966. The van der Waals surface area contributed by atoms with Crippen LogP contribution in [0.4, 0.5) is 0 Å². The van der Waals surface area contributed by atoms with Crippen molar-refractivity contribution in [1.29, 1.82) is 0 Å². The molecule has 0 spiro atoms. The number of amides is 1. The summed E-state index contributed by atoms with van der Waals surface area (Å²) in [6.07, 6.45) is 1.69. The molecule has 29 heavy (non-hydrogen) atoms. The quantitative estimate of drug-likeness (QED) is 0.651. The van der Waals surface area contributed by atoms with E-state index in [0.717, 1.165) is 0 Å². The zero-order valence-corrected chi connectivity index (χ0v) is 17.2. The van der Waals surface area contributed by atoms with Crippen LogP contribution in [0.15, 0.2) is 42.6 Å². The summed E-state index contributed by atoms with van der Waals surface area (Å²) in [4.78, 5) is 19.3. The third-order valence-electron chi connectivity index (χ3n) is 4.08. The summed E-state index contributed by atoms with van der Waals surface area (Å²) in [6, 6.07) is 10.7.